The number of pyridine rings is 3. The van der Waals surface area contributed by atoms with Crippen LogP contribution in [-0.4, -0.2) is 148 Å². The van der Waals surface area contributed by atoms with Gasteiger partial charge < -0.3 is 67.6 Å². The van der Waals surface area contributed by atoms with E-state index in [4.69, 9.17) is 77.0 Å². The number of anilines is 3. The molecule has 3 saturated heterocycles. The van der Waals surface area contributed by atoms with Gasteiger partial charge in [0.1, 0.15) is 58.6 Å². The van der Waals surface area contributed by atoms with Crippen molar-refractivity contribution in [3.8, 4) is 0 Å². The third kappa shape index (κ3) is 21.6. The van der Waals surface area contributed by atoms with Crippen LogP contribution < -0.4 is 36.3 Å². The lowest BCUT2D eigenvalue weighted by Gasteiger charge is -2.37. The normalized spacial score (nSPS) is 13.8. The van der Waals surface area contributed by atoms with E-state index < -0.39 is 80.6 Å². The Morgan fingerprint density at radius 3 is 0.932 bits per heavy atom. The highest BCUT2D eigenvalue weighted by Gasteiger charge is 2.32. The molecule has 22 nitrogen and oxygen atoms in total. The van der Waals surface area contributed by atoms with Gasteiger partial charge in [0.05, 0.1) is 33.6 Å². The molecule has 0 bridgehead atoms. The van der Waals surface area contributed by atoms with Crippen LogP contribution in [0.1, 0.15) is 100 Å². The van der Waals surface area contributed by atoms with E-state index in [1.807, 2.05) is 34.1 Å². The molecule has 3 aliphatic rings. The van der Waals surface area contributed by atoms with Crippen LogP contribution in [0.4, 0.5) is 39.8 Å². The Labute approximate surface area is 696 Å². The number of piperazine rings is 3. The van der Waals surface area contributed by atoms with Gasteiger partial charge >= 0.3 is 30.1 Å². The fourth-order valence-electron chi connectivity index (χ4n) is 13.6. The monoisotopic (exact) mass is 1690 g/mol. The average molecular weight is 1700 g/mol. The van der Waals surface area contributed by atoms with Gasteiger partial charge in [0.2, 0.25) is 16.3 Å². The van der Waals surface area contributed by atoms with Gasteiger partial charge in [-0.3, -0.25) is 14.4 Å². The van der Waals surface area contributed by atoms with E-state index in [-0.39, 0.29) is 59.3 Å². The molecule has 3 aliphatic heterocycles. The molecule has 610 valence electrons. The van der Waals surface area contributed by atoms with Crippen molar-refractivity contribution in [3.63, 3.8) is 0 Å². The molecule has 6 heterocycles. The quantitative estimate of drug-likeness (QED) is 0.0675. The van der Waals surface area contributed by atoms with Crippen molar-refractivity contribution < 1.29 is 61.2 Å². The topological polar surface area (TPSA) is 237 Å². The van der Waals surface area contributed by atoms with E-state index in [0.29, 0.717) is 131 Å². The number of nitrogens with zero attached hydrogens (tertiary/aromatic N) is 8. The summed E-state index contributed by atoms with van der Waals surface area (Å²) in [6.07, 6.45) is 3.39. The van der Waals surface area contributed by atoms with Crippen molar-refractivity contribution in [1.29, 1.82) is 0 Å². The first-order valence-corrected chi connectivity index (χ1v) is 39.4. The van der Waals surface area contributed by atoms with Crippen molar-refractivity contribution >= 4 is 138 Å². The fourth-order valence-corrected chi connectivity index (χ4v) is 14.2. The number of nitrogens with one attached hydrogen (secondary N) is 1. The van der Waals surface area contributed by atoms with Crippen LogP contribution >= 0.6 is 58.0 Å². The third-order valence-electron chi connectivity index (χ3n) is 19.5. The maximum Gasteiger partial charge on any atom is 0.410 e. The molecule has 0 spiro atoms. The van der Waals surface area contributed by atoms with Gasteiger partial charge in [-0.05, 0) is 166 Å². The van der Waals surface area contributed by atoms with Crippen molar-refractivity contribution in [2.45, 2.75) is 85.6 Å². The standard InChI is InChI=1S/C33H32Cl2FN3O5.C28H24Cl2FN3O3.C26H27ClFN3O5/c1-33(2,3)44-32(42)38-14-12-37(13-15-38)29-17-28-25(16-27(29)36)30(40)26(19-39(28)18-21-4-8-23(34)9-5-21)31(41)43-20-22-6-10-24(35)11-7-22;29-20-5-1-18(2-6-20)15-34-16-23(28(36)37-17-19-3-7-21(30)8-4-19)27(35)22-13-24(31)26(14-25(22)34)33-11-9-32-10-12-33;1-26(2,3)36-25(35)30-10-8-29(9-11-30)22-13-21-18(12-20(22)28)23(32)19(24(33)34)15-31(21)14-16-4-6-17(27)7-5-16/h4-11,16-17,19H,12-15,18,20H2,1-3H3;1-8,13-14,16,32H,9-12,15,17H2;4-7,12-13,15H,8-11,14H2,1-3H3,(H,33,34). The zero-order valence-electron chi connectivity index (χ0n) is 64.7. The molecule has 0 radical (unpaired) electrons. The summed E-state index contributed by atoms with van der Waals surface area (Å²) in [5, 5.41) is 15.8. The number of halogens is 8. The molecule has 0 atom stereocenters. The smallest absolute Gasteiger partial charge is 0.410 e. The summed E-state index contributed by atoms with van der Waals surface area (Å²) < 4.78 is 73.1. The van der Waals surface area contributed by atoms with Gasteiger partial charge in [0.25, 0.3) is 0 Å². The third-order valence-corrected chi connectivity index (χ3v) is 20.7. The summed E-state index contributed by atoms with van der Waals surface area (Å²) >= 11 is 30.0. The summed E-state index contributed by atoms with van der Waals surface area (Å²) in [6, 6.07) is 43.5. The molecule has 0 unspecified atom stereocenters. The number of carbonyl (C=O) groups is 5. The van der Waals surface area contributed by atoms with Crippen LogP contribution in [0.25, 0.3) is 32.7 Å². The summed E-state index contributed by atoms with van der Waals surface area (Å²) in [5.41, 5.74) is 2.43. The van der Waals surface area contributed by atoms with E-state index in [0.717, 1.165) is 41.4 Å². The van der Waals surface area contributed by atoms with Crippen LogP contribution in [0.2, 0.25) is 25.1 Å². The number of aromatic nitrogens is 3. The van der Waals surface area contributed by atoms with Gasteiger partial charge in [-0.15, -0.1) is 0 Å². The number of ether oxygens (including phenoxy) is 4. The predicted molar refractivity (Wildman–Crippen MR) is 449 cm³/mol. The Hall–Kier alpha value is -11.1. The summed E-state index contributed by atoms with van der Waals surface area (Å²) in [7, 11) is 0. The first-order chi connectivity index (χ1) is 55.7. The van der Waals surface area contributed by atoms with Gasteiger partial charge in [0.15, 0.2) is 0 Å². The Morgan fingerprint density at radius 1 is 0.385 bits per heavy atom. The average Bonchev–Trinajstić information content (AvgIpc) is 0.768. The molecule has 0 aliphatic carbocycles. The van der Waals surface area contributed by atoms with Crippen molar-refractivity contribution in [2.24, 2.45) is 0 Å². The molecule has 11 aromatic rings. The lowest BCUT2D eigenvalue weighted by atomic mass is 10.1. The molecule has 0 saturated carbocycles. The van der Waals surface area contributed by atoms with Gasteiger partial charge in [-0.25, -0.2) is 37.1 Å². The molecule has 117 heavy (non-hydrogen) atoms. The molecule has 30 heteroatoms. The number of carboxylic acid groups (broad SMARTS) is 1. The van der Waals surface area contributed by atoms with E-state index >= 15 is 13.2 Å². The number of rotatable bonds is 16. The zero-order valence-corrected chi connectivity index (χ0v) is 68.5. The number of aromatic carboxylic acids is 1. The molecule has 3 fully saturated rings. The van der Waals surface area contributed by atoms with E-state index in [1.165, 1.54) is 30.7 Å². The number of hydrogen-bond donors (Lipinski definition) is 2. The van der Waals surface area contributed by atoms with E-state index in [2.05, 4.69) is 5.32 Å². The van der Waals surface area contributed by atoms with Crippen molar-refractivity contribution in [3.05, 3.63) is 294 Å². The van der Waals surface area contributed by atoms with Gasteiger partial charge in [-0.2, -0.15) is 0 Å². The number of amides is 2. The van der Waals surface area contributed by atoms with Crippen LogP contribution in [0.15, 0.2) is 191 Å². The predicted octanol–water partition coefficient (Wildman–Crippen LogP) is 16.8. The highest BCUT2D eigenvalue weighted by atomic mass is 35.5. The Morgan fingerprint density at radius 2 is 0.650 bits per heavy atom. The SMILES string of the molecule is CC(C)(C)OC(=O)N1CCN(c2cc3c(cc2F)c(=O)c(C(=O)O)cn3Cc2ccc(Cl)cc2)CC1.CC(C)(C)OC(=O)N1CCN(c2cc3c(cc2F)c(=O)c(C(=O)OCc2ccc(Cl)cc2)cn3Cc2ccc(Cl)cc2)CC1.O=C(OCc1ccc(Cl)cc1)c1cn(Cc2ccc(Cl)cc2)c2cc(N3CCNCC3)c(F)cc2c1=O. The second-order valence-corrected chi connectivity index (χ2v) is 32.4. The maximum absolute atomic E-state index is 15.7. The number of benzene rings is 8. The molecule has 14 rings (SSSR count). The minimum absolute atomic E-state index is 0.0162. The summed E-state index contributed by atoms with van der Waals surface area (Å²) in [5.74, 6) is -4.72. The maximum atomic E-state index is 15.7. The summed E-state index contributed by atoms with van der Waals surface area (Å²) in [6.45, 7) is 17.3. The van der Waals surface area contributed by atoms with Crippen LogP contribution in [0.5, 0.6) is 0 Å². The molecule has 3 aromatic heterocycles. The lowest BCUT2D eigenvalue weighted by Crippen LogP contribution is -2.50. The fraction of sp³-hybridized carbons (Fsp3) is 0.287. The highest BCUT2D eigenvalue weighted by Crippen LogP contribution is 2.32. The molecular weight excluding hydrogens is 1610 g/mol. The number of carbonyl (C=O) groups excluding carboxylic acids is 4. The second kappa shape index (κ2) is 37.0. The first-order valence-electron chi connectivity index (χ1n) is 37.5. The van der Waals surface area contributed by atoms with Crippen molar-refractivity contribution in [1.82, 2.24) is 28.8 Å². The largest absolute Gasteiger partial charge is 0.477 e. The zero-order chi connectivity index (χ0) is 83.7. The van der Waals surface area contributed by atoms with Crippen LogP contribution in [0, 0.1) is 17.5 Å². The minimum atomic E-state index is -1.38. The number of carboxylic acids is 1. The van der Waals surface area contributed by atoms with Gasteiger partial charge in [0, 0.05) is 158 Å². The molecule has 2 N–H and O–H groups in total. The Kier molecular flexibility index (Phi) is 27.0. The number of hydrogen-bond acceptors (Lipinski definition) is 16. The first kappa shape index (κ1) is 85.3. The van der Waals surface area contributed by atoms with Gasteiger partial charge in [-0.1, -0.05) is 119 Å². The Bertz CT molecular complexity index is 5730. The van der Waals surface area contributed by atoms with Crippen molar-refractivity contribution in [2.75, 3.05) is 93.2 Å². The lowest BCUT2D eigenvalue weighted by molar-refractivity contribution is 0.0230. The summed E-state index contributed by atoms with van der Waals surface area (Å²) in [4.78, 5) is 111. The Balaban J connectivity index is 0.000000163. The van der Waals surface area contributed by atoms with Crippen LogP contribution in [0.3, 0.4) is 0 Å². The molecule has 2 amide bonds. The van der Waals surface area contributed by atoms with Crippen LogP contribution in [-0.2, 0) is 51.8 Å². The highest BCUT2D eigenvalue weighted by molar-refractivity contribution is 6.31. The number of fused-ring (bicyclic) bond motifs is 3. The number of esters is 2. The van der Waals surface area contributed by atoms with E-state index in [9.17, 15) is 43.5 Å². The minimum Gasteiger partial charge on any atom is -0.477 e. The molecular formula is C87H83Cl5F3N9O13. The second-order valence-electron chi connectivity index (χ2n) is 30.2. The van der Waals surface area contributed by atoms with E-state index in [1.54, 1.807) is 185 Å². The molecule has 8 aromatic carbocycles.